The molecule has 0 spiro atoms. The highest BCUT2D eigenvalue weighted by Gasteiger charge is 2.76. The minimum absolute atomic E-state index is 0.0712. The van der Waals surface area contributed by atoms with Crippen LogP contribution in [0.1, 0.15) is 24.3 Å². The Hall–Kier alpha value is -1.61. The molecular formula is C22H18BrCl3N2O5. The molecule has 1 aromatic carbocycles. The molecule has 1 N–H and O–H groups in total. The van der Waals surface area contributed by atoms with E-state index in [0.29, 0.717) is 17.6 Å². The number of fused-ring (bicyclic) bond motifs is 4. The number of carbonyl (C=O) groups is 4. The summed E-state index contributed by atoms with van der Waals surface area (Å²) < 4.78 is 0. The van der Waals surface area contributed by atoms with Gasteiger partial charge in [-0.3, -0.25) is 29.0 Å². The Morgan fingerprint density at radius 3 is 2.45 bits per heavy atom. The molecular weight excluding hydrogens is 559 g/mol. The summed E-state index contributed by atoms with van der Waals surface area (Å²) >= 11 is 23.8. The lowest BCUT2D eigenvalue weighted by Gasteiger charge is -2.51. The lowest BCUT2D eigenvalue weighted by molar-refractivity contribution is -0.140. The summed E-state index contributed by atoms with van der Waals surface area (Å²) in [5.74, 6) is -4.82. The topological polar surface area (TPSA) is 95.0 Å². The van der Waals surface area contributed by atoms with E-state index in [1.807, 2.05) is 6.08 Å². The minimum Gasteiger partial charge on any atom is -0.508 e. The van der Waals surface area contributed by atoms with Gasteiger partial charge in [-0.2, -0.15) is 0 Å². The normalized spacial score (nSPS) is 37.8. The Balaban J connectivity index is 1.77. The number of halogens is 4. The lowest BCUT2D eigenvalue weighted by atomic mass is 9.56. The number of hydrogen-bond acceptors (Lipinski definition) is 5. The fourth-order valence-electron chi connectivity index (χ4n) is 6.01. The van der Waals surface area contributed by atoms with Crippen LogP contribution in [0.2, 0.25) is 5.02 Å². The third-order valence-corrected chi connectivity index (χ3v) is 9.77. The molecule has 4 aliphatic rings. The van der Waals surface area contributed by atoms with Crippen molar-refractivity contribution >= 4 is 74.4 Å². The van der Waals surface area contributed by atoms with E-state index in [2.05, 4.69) is 15.9 Å². The summed E-state index contributed by atoms with van der Waals surface area (Å²) in [5, 5.41) is 10.0. The maximum atomic E-state index is 13.6. The summed E-state index contributed by atoms with van der Waals surface area (Å²) in [6, 6.07) is 4.28. The van der Waals surface area contributed by atoms with Crippen molar-refractivity contribution in [2.75, 3.05) is 12.5 Å². The first-order valence-corrected chi connectivity index (χ1v) is 12.5. The average molecular weight is 577 g/mol. The Labute approximate surface area is 212 Å². The number of allylic oxidation sites excluding steroid dienone is 2. The number of carbonyl (C=O) groups excluding carboxylic acids is 4. The molecule has 7 nitrogen and oxygen atoms in total. The predicted octanol–water partition coefficient (Wildman–Crippen LogP) is 3.39. The average Bonchev–Trinajstić information content (AvgIpc) is 3.07. The number of alkyl halides is 3. The summed E-state index contributed by atoms with van der Waals surface area (Å²) in [6.45, 7) is 0. The molecule has 4 amide bonds. The van der Waals surface area contributed by atoms with Crippen LogP contribution in [-0.2, 0) is 19.2 Å². The highest BCUT2D eigenvalue weighted by Crippen LogP contribution is 2.66. The first-order chi connectivity index (χ1) is 15.5. The van der Waals surface area contributed by atoms with Crippen LogP contribution in [0.3, 0.4) is 0 Å². The van der Waals surface area contributed by atoms with Gasteiger partial charge in [0.25, 0.3) is 11.8 Å². The molecule has 3 fully saturated rings. The minimum atomic E-state index is -1.91. The summed E-state index contributed by atoms with van der Waals surface area (Å²) in [5.41, 5.74) is 0.968. The van der Waals surface area contributed by atoms with Crippen molar-refractivity contribution in [1.82, 2.24) is 9.80 Å². The van der Waals surface area contributed by atoms with E-state index in [1.165, 1.54) is 19.2 Å². The van der Waals surface area contributed by atoms with Crippen molar-refractivity contribution in [3.8, 4) is 5.75 Å². The number of imide groups is 2. The molecule has 1 aromatic rings. The summed E-state index contributed by atoms with van der Waals surface area (Å²) in [7, 11) is 1.44. The molecule has 2 heterocycles. The molecule has 2 aliphatic carbocycles. The zero-order valence-electron chi connectivity index (χ0n) is 17.2. The molecule has 0 aromatic heterocycles. The Morgan fingerprint density at radius 1 is 1.12 bits per heavy atom. The van der Waals surface area contributed by atoms with E-state index >= 15 is 0 Å². The molecule has 5 rings (SSSR count). The summed E-state index contributed by atoms with van der Waals surface area (Å²) in [6.07, 6.45) is 2.06. The van der Waals surface area contributed by atoms with Crippen LogP contribution in [0.25, 0.3) is 0 Å². The summed E-state index contributed by atoms with van der Waals surface area (Å²) in [4.78, 5) is 51.0. The Kier molecular flexibility index (Phi) is 5.22. The number of amides is 4. The van der Waals surface area contributed by atoms with Gasteiger partial charge >= 0.3 is 0 Å². The van der Waals surface area contributed by atoms with Gasteiger partial charge < -0.3 is 5.11 Å². The second-order valence-electron chi connectivity index (χ2n) is 8.93. The van der Waals surface area contributed by atoms with E-state index in [9.17, 15) is 24.3 Å². The third kappa shape index (κ3) is 2.75. The van der Waals surface area contributed by atoms with Gasteiger partial charge in [0.05, 0.1) is 17.3 Å². The lowest BCUT2D eigenvalue weighted by Crippen LogP contribution is -2.60. The molecule has 0 radical (unpaired) electrons. The maximum Gasteiger partial charge on any atom is 0.254 e. The first-order valence-electron chi connectivity index (χ1n) is 10.3. The number of hydrogen-bond donors (Lipinski definition) is 1. The van der Waals surface area contributed by atoms with Crippen LogP contribution in [0, 0.1) is 17.8 Å². The standard InChI is InChI=1S/C22H18BrCl3N2O5/c1-27-17(30)12-5-4-10-13(15(12)18(27)31)7-21(25)19(32)28(8-23)20(33)22(21,26)16(10)11-3-2-9(29)6-14(11)24/h2-4,6,12-13,15-16,29H,5,7-8H2,1H3/t12-,13+,15-,16+,21+,22-/m0/s1. The molecule has 174 valence electrons. The number of phenols is 1. The predicted molar refractivity (Wildman–Crippen MR) is 124 cm³/mol. The van der Waals surface area contributed by atoms with Crippen molar-refractivity contribution in [1.29, 1.82) is 0 Å². The molecule has 2 aliphatic heterocycles. The quantitative estimate of drug-likeness (QED) is 0.252. The van der Waals surface area contributed by atoms with E-state index < -0.39 is 45.2 Å². The SMILES string of the molecule is CN1C(=O)[C@H]2[C@H](CC=C3[C@H]2C[C@@]2(Cl)C(=O)N(CBr)C(=O)[C@@]2(Cl)[C@H]3c2ccc(O)cc2Cl)C1=O. The zero-order chi connectivity index (χ0) is 24.0. The van der Waals surface area contributed by atoms with Gasteiger partial charge in [0.2, 0.25) is 11.8 Å². The van der Waals surface area contributed by atoms with Gasteiger partial charge in [0.1, 0.15) is 5.75 Å². The van der Waals surface area contributed by atoms with Gasteiger partial charge in [-0.15, -0.1) is 23.2 Å². The highest BCUT2D eigenvalue weighted by molar-refractivity contribution is 9.09. The van der Waals surface area contributed by atoms with Crippen molar-refractivity contribution < 1.29 is 24.3 Å². The molecule has 2 saturated heterocycles. The van der Waals surface area contributed by atoms with Crippen LogP contribution >= 0.6 is 50.7 Å². The van der Waals surface area contributed by atoms with Crippen LogP contribution in [0.4, 0.5) is 0 Å². The van der Waals surface area contributed by atoms with E-state index in [1.54, 1.807) is 6.07 Å². The number of phenolic OH excluding ortho intramolecular Hbond substituents is 1. The Bertz CT molecular complexity index is 1170. The van der Waals surface area contributed by atoms with Crippen LogP contribution in [-0.4, -0.2) is 60.8 Å². The van der Waals surface area contributed by atoms with E-state index in [4.69, 9.17) is 34.8 Å². The van der Waals surface area contributed by atoms with Gasteiger partial charge in [-0.05, 0) is 36.5 Å². The third-order valence-electron chi connectivity index (χ3n) is 7.53. The molecule has 11 heteroatoms. The Morgan fingerprint density at radius 2 is 1.82 bits per heavy atom. The van der Waals surface area contributed by atoms with Gasteiger partial charge in [0, 0.05) is 18.0 Å². The zero-order valence-corrected chi connectivity index (χ0v) is 21.1. The van der Waals surface area contributed by atoms with Gasteiger partial charge in [-0.1, -0.05) is 45.2 Å². The second kappa shape index (κ2) is 7.44. The smallest absolute Gasteiger partial charge is 0.254 e. The van der Waals surface area contributed by atoms with Gasteiger partial charge in [0.15, 0.2) is 9.75 Å². The molecule has 6 atom stereocenters. The van der Waals surface area contributed by atoms with Crippen molar-refractivity contribution in [2.45, 2.75) is 28.5 Å². The van der Waals surface area contributed by atoms with E-state index in [0.717, 1.165) is 9.80 Å². The second-order valence-corrected chi connectivity index (χ2v) is 11.1. The first kappa shape index (κ1) is 23.1. The molecule has 33 heavy (non-hydrogen) atoms. The largest absolute Gasteiger partial charge is 0.508 e. The highest BCUT2D eigenvalue weighted by atomic mass is 79.9. The van der Waals surface area contributed by atoms with Crippen LogP contribution < -0.4 is 0 Å². The van der Waals surface area contributed by atoms with Crippen molar-refractivity contribution in [3.05, 3.63) is 40.4 Å². The molecule has 1 saturated carbocycles. The fourth-order valence-corrected chi connectivity index (χ4v) is 7.71. The number of aromatic hydroxyl groups is 1. The van der Waals surface area contributed by atoms with Crippen molar-refractivity contribution in [3.63, 3.8) is 0 Å². The number of benzene rings is 1. The maximum absolute atomic E-state index is 13.6. The molecule has 0 bridgehead atoms. The fraction of sp³-hybridized carbons (Fsp3) is 0.455. The van der Waals surface area contributed by atoms with Gasteiger partial charge in [-0.25, -0.2) is 0 Å². The number of rotatable bonds is 2. The number of nitrogens with zero attached hydrogens (tertiary/aromatic N) is 2. The molecule has 0 unspecified atom stereocenters. The van der Waals surface area contributed by atoms with E-state index in [-0.39, 0.29) is 34.5 Å². The van der Waals surface area contributed by atoms with Crippen molar-refractivity contribution in [2.24, 2.45) is 17.8 Å². The van der Waals surface area contributed by atoms with Crippen LogP contribution in [0.15, 0.2) is 29.8 Å². The van der Waals surface area contributed by atoms with Crippen LogP contribution in [0.5, 0.6) is 5.75 Å². The monoisotopic (exact) mass is 574 g/mol. The number of likely N-dealkylation sites (tertiary alicyclic amines) is 2.